The lowest BCUT2D eigenvalue weighted by molar-refractivity contribution is 0.0652. The van der Waals surface area contributed by atoms with Gasteiger partial charge in [-0.3, -0.25) is 0 Å². The molecule has 2 rings (SSSR count). The number of phenolic OH excluding ortho intramolecular Hbond substituents is 1. The topological polar surface area (TPSA) is 83.6 Å². The molecule has 16 heavy (non-hydrogen) atoms. The third-order valence-electron chi connectivity index (χ3n) is 1.96. The molecule has 1 aromatic carbocycles. The summed E-state index contributed by atoms with van der Waals surface area (Å²) in [6, 6.07) is 6.07. The smallest absolute Gasteiger partial charge is 0.374 e. The van der Waals surface area contributed by atoms with Gasteiger partial charge in [0, 0.05) is 16.1 Å². The molecule has 0 aliphatic rings. The second kappa shape index (κ2) is 3.97. The first kappa shape index (κ1) is 10.7. The zero-order valence-corrected chi connectivity index (χ0v) is 9.43. The first-order valence-corrected chi connectivity index (χ1v) is 5.06. The first-order valence-electron chi connectivity index (χ1n) is 4.27. The van der Waals surface area contributed by atoms with Crippen molar-refractivity contribution >= 4 is 21.9 Å². The summed E-state index contributed by atoms with van der Waals surface area (Å²) in [4.78, 5) is 10.6. The van der Waals surface area contributed by atoms with Crippen molar-refractivity contribution in [2.24, 2.45) is 0 Å². The third kappa shape index (κ3) is 1.92. The van der Waals surface area contributed by atoms with Gasteiger partial charge >= 0.3 is 5.97 Å². The maximum Gasteiger partial charge on any atom is 0.374 e. The number of rotatable bonds is 2. The van der Waals surface area contributed by atoms with Gasteiger partial charge in [-0.25, -0.2) is 4.79 Å². The quantitative estimate of drug-likeness (QED) is 0.885. The van der Waals surface area contributed by atoms with Crippen LogP contribution in [-0.2, 0) is 0 Å². The van der Waals surface area contributed by atoms with Crippen molar-refractivity contribution in [1.29, 1.82) is 0 Å². The molecule has 0 aliphatic carbocycles. The van der Waals surface area contributed by atoms with Crippen LogP contribution >= 0.6 is 15.9 Å². The lowest BCUT2D eigenvalue weighted by atomic mass is 10.1. The number of benzene rings is 1. The molecule has 0 aliphatic heterocycles. The number of carboxylic acids is 1. The van der Waals surface area contributed by atoms with E-state index in [1.807, 2.05) is 0 Å². The van der Waals surface area contributed by atoms with Crippen LogP contribution < -0.4 is 0 Å². The van der Waals surface area contributed by atoms with E-state index in [2.05, 4.69) is 25.6 Å². The largest absolute Gasteiger partial charge is 0.507 e. The van der Waals surface area contributed by atoms with E-state index in [-0.39, 0.29) is 17.2 Å². The van der Waals surface area contributed by atoms with Crippen molar-refractivity contribution in [2.45, 2.75) is 0 Å². The molecule has 0 saturated heterocycles. The Kier molecular flexibility index (Phi) is 2.66. The summed E-state index contributed by atoms with van der Waals surface area (Å²) in [7, 11) is 0. The van der Waals surface area contributed by atoms with Gasteiger partial charge in [-0.05, 0) is 18.2 Å². The normalized spacial score (nSPS) is 10.3. The second-order valence-electron chi connectivity index (χ2n) is 3.04. The van der Waals surface area contributed by atoms with Gasteiger partial charge in [0.2, 0.25) is 5.76 Å². The Hall–Kier alpha value is -1.82. The number of aromatic hydroxyl groups is 1. The Labute approximate surface area is 98.4 Å². The van der Waals surface area contributed by atoms with Crippen LogP contribution in [0, 0.1) is 0 Å². The SMILES string of the molecule is O=C(O)c1cc(-c2ccc(Br)cc2O)no1. The van der Waals surface area contributed by atoms with Gasteiger partial charge < -0.3 is 14.7 Å². The third-order valence-corrected chi connectivity index (χ3v) is 2.45. The average Bonchev–Trinajstić information content (AvgIpc) is 2.66. The number of carboxylic acid groups (broad SMARTS) is 1. The lowest BCUT2D eigenvalue weighted by Gasteiger charge is -1.99. The van der Waals surface area contributed by atoms with Crippen LogP contribution in [0.2, 0.25) is 0 Å². The first-order chi connectivity index (χ1) is 7.58. The number of phenols is 1. The fourth-order valence-electron chi connectivity index (χ4n) is 1.22. The van der Waals surface area contributed by atoms with Gasteiger partial charge in [0.1, 0.15) is 11.4 Å². The molecular formula is C10H6BrNO4. The van der Waals surface area contributed by atoms with Crippen LogP contribution in [-0.4, -0.2) is 21.3 Å². The summed E-state index contributed by atoms with van der Waals surface area (Å²) in [6.45, 7) is 0. The molecule has 0 radical (unpaired) electrons. The molecular weight excluding hydrogens is 278 g/mol. The van der Waals surface area contributed by atoms with Gasteiger partial charge in [0.05, 0.1) is 0 Å². The number of hydrogen-bond donors (Lipinski definition) is 2. The number of nitrogens with zero attached hydrogens (tertiary/aromatic N) is 1. The highest BCUT2D eigenvalue weighted by Gasteiger charge is 2.14. The van der Waals surface area contributed by atoms with E-state index in [1.54, 1.807) is 12.1 Å². The van der Waals surface area contributed by atoms with Crippen LogP contribution in [0.5, 0.6) is 5.75 Å². The van der Waals surface area contributed by atoms with Crippen LogP contribution in [0.15, 0.2) is 33.3 Å². The highest BCUT2D eigenvalue weighted by molar-refractivity contribution is 9.10. The summed E-state index contributed by atoms with van der Waals surface area (Å²) in [5, 5.41) is 21.9. The molecule has 0 bridgehead atoms. The van der Waals surface area contributed by atoms with Crippen LogP contribution in [0.4, 0.5) is 0 Å². The molecule has 0 unspecified atom stereocenters. The van der Waals surface area contributed by atoms with Crippen molar-refractivity contribution in [3.63, 3.8) is 0 Å². The Balaban J connectivity index is 2.46. The molecule has 1 aromatic heterocycles. The highest BCUT2D eigenvalue weighted by atomic mass is 79.9. The summed E-state index contributed by atoms with van der Waals surface area (Å²) in [6.07, 6.45) is 0. The zero-order valence-electron chi connectivity index (χ0n) is 7.85. The Morgan fingerprint density at radius 1 is 1.38 bits per heavy atom. The number of halogens is 1. The number of aromatic carboxylic acids is 1. The molecule has 0 amide bonds. The van der Waals surface area contributed by atoms with E-state index in [4.69, 9.17) is 5.11 Å². The number of aromatic nitrogens is 1. The van der Waals surface area contributed by atoms with Crippen LogP contribution in [0.1, 0.15) is 10.6 Å². The summed E-state index contributed by atoms with van der Waals surface area (Å²) in [5.74, 6) is -1.47. The van der Waals surface area contributed by atoms with Gasteiger partial charge in [-0.15, -0.1) is 0 Å². The maximum atomic E-state index is 10.6. The average molecular weight is 284 g/mol. The van der Waals surface area contributed by atoms with Crippen molar-refractivity contribution < 1.29 is 19.5 Å². The van der Waals surface area contributed by atoms with E-state index in [9.17, 15) is 9.90 Å². The summed E-state index contributed by atoms with van der Waals surface area (Å²) >= 11 is 3.20. The van der Waals surface area contributed by atoms with Crippen molar-refractivity contribution in [3.8, 4) is 17.0 Å². The van der Waals surface area contributed by atoms with Crippen molar-refractivity contribution in [3.05, 3.63) is 34.5 Å². The molecule has 6 heteroatoms. The molecule has 2 aromatic rings. The van der Waals surface area contributed by atoms with E-state index >= 15 is 0 Å². The predicted octanol–water partition coefficient (Wildman–Crippen LogP) is 2.51. The fraction of sp³-hybridized carbons (Fsp3) is 0. The molecule has 5 nitrogen and oxygen atoms in total. The standard InChI is InChI=1S/C10H6BrNO4/c11-5-1-2-6(8(13)3-5)7-4-9(10(14)15)16-12-7/h1-4,13H,(H,14,15). The Morgan fingerprint density at radius 3 is 2.69 bits per heavy atom. The minimum atomic E-state index is -1.20. The fourth-order valence-corrected chi connectivity index (χ4v) is 1.57. The molecule has 1 heterocycles. The second-order valence-corrected chi connectivity index (χ2v) is 3.96. The minimum Gasteiger partial charge on any atom is -0.507 e. The van der Waals surface area contributed by atoms with E-state index in [0.29, 0.717) is 5.56 Å². The number of hydrogen-bond acceptors (Lipinski definition) is 4. The predicted molar refractivity (Wildman–Crippen MR) is 58.3 cm³/mol. The molecule has 0 fully saturated rings. The number of carbonyl (C=O) groups is 1. The van der Waals surface area contributed by atoms with Gasteiger partial charge in [-0.1, -0.05) is 21.1 Å². The highest BCUT2D eigenvalue weighted by Crippen LogP contribution is 2.31. The molecule has 0 atom stereocenters. The molecule has 2 N–H and O–H groups in total. The van der Waals surface area contributed by atoms with Crippen LogP contribution in [0.3, 0.4) is 0 Å². The summed E-state index contributed by atoms with van der Waals surface area (Å²) in [5.41, 5.74) is 0.696. The Bertz CT molecular complexity index is 550. The zero-order chi connectivity index (χ0) is 11.7. The van der Waals surface area contributed by atoms with Crippen molar-refractivity contribution in [2.75, 3.05) is 0 Å². The van der Waals surface area contributed by atoms with E-state index in [0.717, 1.165) is 4.47 Å². The molecule has 82 valence electrons. The van der Waals surface area contributed by atoms with Gasteiger partial charge in [0.15, 0.2) is 0 Å². The minimum absolute atomic E-state index is 0.000358. The monoisotopic (exact) mass is 283 g/mol. The lowest BCUT2D eigenvalue weighted by Crippen LogP contribution is -1.91. The molecule has 0 saturated carbocycles. The van der Waals surface area contributed by atoms with Gasteiger partial charge in [0.25, 0.3) is 0 Å². The summed E-state index contributed by atoms with van der Waals surface area (Å²) < 4.78 is 5.31. The van der Waals surface area contributed by atoms with E-state index < -0.39 is 5.97 Å². The van der Waals surface area contributed by atoms with Gasteiger partial charge in [-0.2, -0.15) is 0 Å². The molecule has 0 spiro atoms. The van der Waals surface area contributed by atoms with Crippen molar-refractivity contribution in [1.82, 2.24) is 5.16 Å². The van der Waals surface area contributed by atoms with Crippen LogP contribution in [0.25, 0.3) is 11.3 Å². The Morgan fingerprint density at radius 2 is 2.12 bits per heavy atom. The maximum absolute atomic E-state index is 10.6. The van der Waals surface area contributed by atoms with E-state index in [1.165, 1.54) is 12.1 Å².